The number of hydrogen-bond donors (Lipinski definition) is 0. The fourth-order valence-electron chi connectivity index (χ4n) is 2.09. The van der Waals surface area contributed by atoms with E-state index < -0.39 is 0 Å². The molecule has 0 bridgehead atoms. The van der Waals surface area contributed by atoms with Crippen molar-refractivity contribution in [1.29, 1.82) is 0 Å². The first-order chi connectivity index (χ1) is 7.79. The van der Waals surface area contributed by atoms with Crippen LogP contribution in [0.3, 0.4) is 0 Å². The number of thiophene rings is 1. The second-order valence-electron chi connectivity index (χ2n) is 4.32. The number of benzene rings is 1. The molecule has 0 N–H and O–H groups in total. The molecule has 0 amide bonds. The molecule has 1 heterocycles. The highest BCUT2D eigenvalue weighted by atomic mass is 79.9. The molecule has 16 heavy (non-hydrogen) atoms. The number of carbonyl (C=O) groups excluding carboxylic acids is 1. The van der Waals surface area contributed by atoms with Crippen molar-refractivity contribution in [1.82, 2.24) is 0 Å². The molecule has 3 heteroatoms. The van der Waals surface area contributed by atoms with Gasteiger partial charge in [-0.25, -0.2) is 0 Å². The minimum absolute atomic E-state index is 0.809. The van der Waals surface area contributed by atoms with E-state index in [2.05, 4.69) is 28.1 Å². The maximum absolute atomic E-state index is 11.1. The monoisotopic (exact) mass is 294 g/mol. The molecule has 1 fully saturated rings. The predicted octanol–water partition coefficient (Wildman–Crippen LogP) is 4.43. The van der Waals surface area contributed by atoms with Gasteiger partial charge in [0.25, 0.3) is 0 Å². The average Bonchev–Trinajstić information content (AvgIpc) is 3.00. The molecule has 1 aromatic carbocycles. The minimum atomic E-state index is 0.809. The summed E-state index contributed by atoms with van der Waals surface area (Å²) in [4.78, 5) is 12.0. The van der Waals surface area contributed by atoms with Crippen molar-refractivity contribution in [3.8, 4) is 0 Å². The first-order valence-electron chi connectivity index (χ1n) is 5.44. The molecular weight excluding hydrogens is 284 g/mol. The molecule has 0 radical (unpaired) electrons. The number of fused-ring (bicyclic) bond motifs is 1. The molecule has 3 rings (SSSR count). The van der Waals surface area contributed by atoms with E-state index in [1.165, 1.54) is 28.5 Å². The highest BCUT2D eigenvalue weighted by Gasteiger charge is 2.25. The molecule has 0 aliphatic heterocycles. The van der Waals surface area contributed by atoms with E-state index in [4.69, 9.17) is 0 Å². The van der Waals surface area contributed by atoms with Crippen molar-refractivity contribution >= 4 is 43.6 Å². The predicted molar refractivity (Wildman–Crippen MR) is 71.3 cm³/mol. The van der Waals surface area contributed by atoms with Crippen molar-refractivity contribution in [2.45, 2.75) is 19.3 Å². The molecule has 0 unspecified atom stereocenters. The van der Waals surface area contributed by atoms with Crippen LogP contribution in [0, 0.1) is 5.92 Å². The maximum Gasteiger partial charge on any atom is 0.160 e. The van der Waals surface area contributed by atoms with Gasteiger partial charge in [0.1, 0.15) is 0 Å². The lowest BCUT2D eigenvalue weighted by Gasteiger charge is -2.00. The highest BCUT2D eigenvalue weighted by molar-refractivity contribution is 9.10. The van der Waals surface area contributed by atoms with Gasteiger partial charge in [-0.1, -0.05) is 22.0 Å². The molecular formula is C13H11BrOS. The topological polar surface area (TPSA) is 17.1 Å². The van der Waals surface area contributed by atoms with Gasteiger partial charge in [0.15, 0.2) is 6.29 Å². The molecule has 2 aromatic rings. The zero-order valence-electron chi connectivity index (χ0n) is 8.70. The summed E-state index contributed by atoms with van der Waals surface area (Å²) in [5.41, 5.74) is 1.25. The van der Waals surface area contributed by atoms with Crippen LogP contribution in [0.1, 0.15) is 28.1 Å². The maximum atomic E-state index is 11.1. The van der Waals surface area contributed by atoms with Crippen molar-refractivity contribution in [2.75, 3.05) is 0 Å². The Kier molecular flexibility index (Phi) is 2.60. The normalized spacial score (nSPS) is 15.6. The molecule has 0 saturated heterocycles. The van der Waals surface area contributed by atoms with Crippen LogP contribution >= 0.6 is 27.3 Å². The smallest absolute Gasteiger partial charge is 0.160 e. The summed E-state index contributed by atoms with van der Waals surface area (Å²) in [5.74, 6) is 0.809. The molecule has 0 atom stereocenters. The van der Waals surface area contributed by atoms with Crippen LogP contribution in [0.5, 0.6) is 0 Å². The van der Waals surface area contributed by atoms with E-state index in [1.54, 1.807) is 11.3 Å². The number of aldehydes is 1. The fourth-order valence-corrected chi connectivity index (χ4v) is 3.91. The lowest BCUT2D eigenvalue weighted by atomic mass is 10.1. The summed E-state index contributed by atoms with van der Waals surface area (Å²) >= 11 is 5.20. The fraction of sp³-hybridized carbons (Fsp3) is 0.308. The minimum Gasteiger partial charge on any atom is -0.297 e. The summed E-state index contributed by atoms with van der Waals surface area (Å²) in [6.45, 7) is 0. The van der Waals surface area contributed by atoms with Crippen molar-refractivity contribution in [3.05, 3.63) is 33.1 Å². The van der Waals surface area contributed by atoms with Gasteiger partial charge in [0.05, 0.1) is 4.88 Å². The number of carbonyl (C=O) groups is 1. The number of rotatable bonds is 3. The lowest BCUT2D eigenvalue weighted by molar-refractivity contribution is 0.112. The summed E-state index contributed by atoms with van der Waals surface area (Å²) in [5, 5.41) is 1.25. The molecule has 82 valence electrons. The Hall–Kier alpha value is -0.670. The van der Waals surface area contributed by atoms with Crippen LogP contribution < -0.4 is 0 Å². The Morgan fingerprint density at radius 2 is 2.25 bits per heavy atom. The quantitative estimate of drug-likeness (QED) is 0.766. The Morgan fingerprint density at radius 1 is 1.44 bits per heavy atom. The molecule has 1 aromatic heterocycles. The lowest BCUT2D eigenvalue weighted by Crippen LogP contribution is -1.90. The van der Waals surface area contributed by atoms with Crippen LogP contribution in [0.2, 0.25) is 0 Å². The van der Waals surface area contributed by atoms with Gasteiger partial charge >= 0.3 is 0 Å². The zero-order chi connectivity index (χ0) is 11.1. The molecule has 0 spiro atoms. The summed E-state index contributed by atoms with van der Waals surface area (Å²) in [7, 11) is 0. The standard InChI is InChI=1S/C13H11BrOS/c14-10-2-1-3-11-13(10)9(6-8-4-5-8)12(7-15)16-11/h1-3,7-8H,4-6H2. The van der Waals surface area contributed by atoms with Gasteiger partial charge < -0.3 is 0 Å². The Bertz CT molecular complexity index is 554. The van der Waals surface area contributed by atoms with Crippen LogP contribution in [-0.4, -0.2) is 6.29 Å². The van der Waals surface area contributed by atoms with Gasteiger partial charge in [-0.2, -0.15) is 0 Å². The van der Waals surface area contributed by atoms with Gasteiger partial charge in [-0.3, -0.25) is 4.79 Å². The second-order valence-corrected chi connectivity index (χ2v) is 6.26. The third-order valence-corrected chi connectivity index (χ3v) is 4.87. The summed E-state index contributed by atoms with van der Waals surface area (Å²) in [6, 6.07) is 6.17. The third kappa shape index (κ3) is 1.72. The third-order valence-electron chi connectivity index (χ3n) is 3.09. The SMILES string of the molecule is O=Cc1sc2cccc(Br)c2c1CC1CC1. The average molecular weight is 295 g/mol. The largest absolute Gasteiger partial charge is 0.297 e. The van der Waals surface area contributed by atoms with Gasteiger partial charge in [-0.05, 0) is 42.9 Å². The molecule has 1 aliphatic carbocycles. The Balaban J connectivity index is 2.23. The van der Waals surface area contributed by atoms with Crippen LogP contribution in [-0.2, 0) is 6.42 Å². The van der Waals surface area contributed by atoms with Crippen molar-refractivity contribution in [2.24, 2.45) is 5.92 Å². The second kappa shape index (κ2) is 3.97. The van der Waals surface area contributed by atoms with Crippen LogP contribution in [0.15, 0.2) is 22.7 Å². The number of hydrogen-bond acceptors (Lipinski definition) is 2. The molecule has 1 aliphatic rings. The summed E-state index contributed by atoms with van der Waals surface area (Å²) < 4.78 is 2.33. The molecule has 1 saturated carbocycles. The van der Waals surface area contributed by atoms with E-state index in [0.717, 1.165) is 28.0 Å². The first-order valence-corrected chi connectivity index (χ1v) is 7.05. The van der Waals surface area contributed by atoms with Gasteiger partial charge in [0, 0.05) is 14.6 Å². The zero-order valence-corrected chi connectivity index (χ0v) is 11.1. The van der Waals surface area contributed by atoms with Crippen molar-refractivity contribution < 1.29 is 4.79 Å². The van der Waals surface area contributed by atoms with Crippen LogP contribution in [0.25, 0.3) is 10.1 Å². The molecule has 1 nitrogen and oxygen atoms in total. The Morgan fingerprint density at radius 3 is 2.94 bits per heavy atom. The number of halogens is 1. The highest BCUT2D eigenvalue weighted by Crippen LogP contribution is 2.41. The van der Waals surface area contributed by atoms with Crippen molar-refractivity contribution in [3.63, 3.8) is 0 Å². The first kappa shape index (κ1) is 10.5. The van der Waals surface area contributed by atoms with Crippen LogP contribution in [0.4, 0.5) is 0 Å². The van der Waals surface area contributed by atoms with E-state index in [0.29, 0.717) is 0 Å². The van der Waals surface area contributed by atoms with E-state index in [1.807, 2.05) is 6.07 Å². The van der Waals surface area contributed by atoms with Gasteiger partial charge in [-0.15, -0.1) is 11.3 Å². The van der Waals surface area contributed by atoms with Gasteiger partial charge in [0.2, 0.25) is 0 Å². The van der Waals surface area contributed by atoms with E-state index >= 15 is 0 Å². The van der Waals surface area contributed by atoms with E-state index in [9.17, 15) is 4.79 Å². The van der Waals surface area contributed by atoms with E-state index in [-0.39, 0.29) is 0 Å². The Labute approximate surface area is 107 Å². The summed E-state index contributed by atoms with van der Waals surface area (Å²) in [6.07, 6.45) is 4.71.